The molecule has 0 amide bonds. The summed E-state index contributed by atoms with van der Waals surface area (Å²) in [5.74, 6) is 2.04. The number of aliphatic hydroxyl groups excluding tert-OH is 1. The molecule has 0 radical (unpaired) electrons. The zero-order chi connectivity index (χ0) is 13.1. The first-order valence-corrected chi connectivity index (χ1v) is 7.81. The van der Waals surface area contributed by atoms with E-state index in [1.807, 2.05) is 0 Å². The summed E-state index contributed by atoms with van der Waals surface area (Å²) in [4.78, 5) is 0. The number of aliphatic hydroxyl groups is 1. The van der Waals surface area contributed by atoms with Crippen LogP contribution in [0.4, 0.5) is 5.69 Å². The van der Waals surface area contributed by atoms with Crippen molar-refractivity contribution in [1.29, 1.82) is 0 Å². The van der Waals surface area contributed by atoms with E-state index in [1.165, 1.54) is 49.8 Å². The average Bonchev–Trinajstić information content (AvgIpc) is 3.26. The van der Waals surface area contributed by atoms with Crippen molar-refractivity contribution in [1.82, 2.24) is 0 Å². The van der Waals surface area contributed by atoms with Crippen LogP contribution in [0.25, 0.3) is 0 Å². The summed E-state index contributed by atoms with van der Waals surface area (Å²) in [5, 5.41) is 12.6. The van der Waals surface area contributed by atoms with Crippen molar-refractivity contribution in [2.45, 2.75) is 51.0 Å². The molecule has 0 bridgehead atoms. The SMILES string of the molecule is OCCc1ccc(NC2CCCC(C3CC3)C2)cc1. The minimum atomic E-state index is 0.235. The maximum absolute atomic E-state index is 8.92. The molecule has 2 saturated carbocycles. The van der Waals surface area contributed by atoms with Gasteiger partial charge in [0.2, 0.25) is 0 Å². The normalized spacial score (nSPS) is 27.2. The molecule has 2 nitrogen and oxygen atoms in total. The van der Waals surface area contributed by atoms with Crippen molar-refractivity contribution in [3.63, 3.8) is 0 Å². The van der Waals surface area contributed by atoms with E-state index in [0.29, 0.717) is 6.04 Å². The zero-order valence-corrected chi connectivity index (χ0v) is 11.6. The van der Waals surface area contributed by atoms with E-state index < -0.39 is 0 Å². The second-order valence-corrected chi connectivity index (χ2v) is 6.28. The van der Waals surface area contributed by atoms with E-state index in [2.05, 4.69) is 29.6 Å². The summed E-state index contributed by atoms with van der Waals surface area (Å²) in [6.07, 6.45) is 9.25. The van der Waals surface area contributed by atoms with E-state index in [-0.39, 0.29) is 6.61 Å². The quantitative estimate of drug-likeness (QED) is 0.846. The third kappa shape index (κ3) is 3.50. The fourth-order valence-corrected chi connectivity index (χ4v) is 3.49. The van der Waals surface area contributed by atoms with Gasteiger partial charge in [-0.1, -0.05) is 25.0 Å². The highest BCUT2D eigenvalue weighted by molar-refractivity contribution is 5.45. The van der Waals surface area contributed by atoms with E-state index >= 15 is 0 Å². The van der Waals surface area contributed by atoms with Gasteiger partial charge >= 0.3 is 0 Å². The number of hydrogen-bond acceptors (Lipinski definition) is 2. The highest BCUT2D eigenvalue weighted by atomic mass is 16.2. The van der Waals surface area contributed by atoms with Crippen LogP contribution in [0, 0.1) is 11.8 Å². The van der Waals surface area contributed by atoms with Gasteiger partial charge in [0.25, 0.3) is 0 Å². The van der Waals surface area contributed by atoms with Gasteiger partial charge in [0.1, 0.15) is 0 Å². The van der Waals surface area contributed by atoms with Crippen LogP contribution < -0.4 is 5.32 Å². The maximum Gasteiger partial charge on any atom is 0.0471 e. The van der Waals surface area contributed by atoms with Gasteiger partial charge in [0, 0.05) is 18.3 Å². The van der Waals surface area contributed by atoms with E-state index in [4.69, 9.17) is 5.11 Å². The number of hydrogen-bond donors (Lipinski definition) is 2. The van der Waals surface area contributed by atoms with Crippen molar-refractivity contribution in [3.05, 3.63) is 29.8 Å². The van der Waals surface area contributed by atoms with E-state index in [1.54, 1.807) is 0 Å². The van der Waals surface area contributed by atoms with Gasteiger partial charge in [-0.25, -0.2) is 0 Å². The molecule has 2 aliphatic carbocycles. The van der Waals surface area contributed by atoms with Gasteiger partial charge in [-0.05, 0) is 61.6 Å². The predicted octanol–water partition coefficient (Wildman–Crippen LogP) is 3.60. The molecule has 1 aromatic rings. The van der Waals surface area contributed by atoms with Crippen LogP contribution in [-0.2, 0) is 6.42 Å². The van der Waals surface area contributed by atoms with Crippen molar-refractivity contribution < 1.29 is 5.11 Å². The summed E-state index contributed by atoms with van der Waals surface area (Å²) in [5.41, 5.74) is 2.45. The Bertz CT molecular complexity index is 396. The third-order valence-corrected chi connectivity index (χ3v) is 4.73. The maximum atomic E-state index is 8.92. The molecule has 2 heteroatoms. The fraction of sp³-hybridized carbons (Fsp3) is 0.647. The Balaban J connectivity index is 1.54. The monoisotopic (exact) mass is 259 g/mol. The average molecular weight is 259 g/mol. The van der Waals surface area contributed by atoms with Gasteiger partial charge in [0.15, 0.2) is 0 Å². The molecule has 1 aromatic carbocycles. The molecule has 0 saturated heterocycles. The Morgan fingerprint density at radius 2 is 1.79 bits per heavy atom. The molecule has 0 heterocycles. The van der Waals surface area contributed by atoms with Crippen LogP contribution in [0.3, 0.4) is 0 Å². The molecular weight excluding hydrogens is 234 g/mol. The van der Waals surface area contributed by atoms with Crippen LogP contribution in [0.1, 0.15) is 44.1 Å². The van der Waals surface area contributed by atoms with Crippen molar-refractivity contribution in [3.8, 4) is 0 Å². The zero-order valence-electron chi connectivity index (χ0n) is 11.6. The molecule has 2 N–H and O–H groups in total. The first kappa shape index (κ1) is 13.0. The lowest BCUT2D eigenvalue weighted by Crippen LogP contribution is -2.28. The molecule has 2 aliphatic rings. The lowest BCUT2D eigenvalue weighted by molar-refractivity contribution is 0.299. The molecule has 19 heavy (non-hydrogen) atoms. The highest BCUT2D eigenvalue weighted by Gasteiger charge is 2.34. The summed E-state index contributed by atoms with van der Waals surface area (Å²) in [6, 6.07) is 9.24. The Labute approximate surface area is 116 Å². The van der Waals surface area contributed by atoms with Crippen LogP contribution in [-0.4, -0.2) is 17.8 Å². The number of anilines is 1. The molecule has 0 aliphatic heterocycles. The van der Waals surface area contributed by atoms with Crippen LogP contribution >= 0.6 is 0 Å². The predicted molar refractivity (Wildman–Crippen MR) is 79.3 cm³/mol. The van der Waals surface area contributed by atoms with Crippen LogP contribution in [0.15, 0.2) is 24.3 Å². The molecule has 104 valence electrons. The Morgan fingerprint density at radius 1 is 1.00 bits per heavy atom. The largest absolute Gasteiger partial charge is 0.396 e. The molecular formula is C17H25NO. The van der Waals surface area contributed by atoms with Gasteiger partial charge < -0.3 is 10.4 Å². The summed E-state index contributed by atoms with van der Waals surface area (Å²) >= 11 is 0. The third-order valence-electron chi connectivity index (χ3n) is 4.73. The van der Waals surface area contributed by atoms with Crippen molar-refractivity contribution >= 4 is 5.69 Å². The Morgan fingerprint density at radius 3 is 2.47 bits per heavy atom. The minimum Gasteiger partial charge on any atom is -0.396 e. The molecule has 2 fully saturated rings. The first-order chi connectivity index (χ1) is 9.35. The lowest BCUT2D eigenvalue weighted by Gasteiger charge is -2.30. The van der Waals surface area contributed by atoms with Gasteiger partial charge in [-0.3, -0.25) is 0 Å². The van der Waals surface area contributed by atoms with Gasteiger partial charge in [-0.15, -0.1) is 0 Å². The Hall–Kier alpha value is -1.02. The molecule has 2 atom stereocenters. The number of benzene rings is 1. The topological polar surface area (TPSA) is 32.3 Å². The Kier molecular flexibility index (Phi) is 4.07. The van der Waals surface area contributed by atoms with Gasteiger partial charge in [-0.2, -0.15) is 0 Å². The lowest BCUT2D eigenvalue weighted by atomic mass is 9.82. The summed E-state index contributed by atoms with van der Waals surface area (Å²) < 4.78 is 0. The summed E-state index contributed by atoms with van der Waals surface area (Å²) in [7, 11) is 0. The molecule has 0 aromatic heterocycles. The number of rotatable bonds is 5. The molecule has 3 rings (SSSR count). The molecule has 0 spiro atoms. The first-order valence-electron chi connectivity index (χ1n) is 7.81. The second kappa shape index (κ2) is 5.96. The van der Waals surface area contributed by atoms with Crippen molar-refractivity contribution in [2.75, 3.05) is 11.9 Å². The standard InChI is InChI=1S/C17H25NO/c19-11-10-13-4-8-16(9-5-13)18-17-3-1-2-15(12-17)14-6-7-14/h4-5,8-9,14-15,17-19H,1-3,6-7,10-12H2. The minimum absolute atomic E-state index is 0.235. The van der Waals surface area contributed by atoms with E-state index in [9.17, 15) is 0 Å². The highest BCUT2D eigenvalue weighted by Crippen LogP contribution is 2.44. The molecule has 2 unspecified atom stereocenters. The number of nitrogens with one attached hydrogen (secondary N) is 1. The second-order valence-electron chi connectivity index (χ2n) is 6.28. The van der Waals surface area contributed by atoms with Gasteiger partial charge in [0.05, 0.1) is 0 Å². The van der Waals surface area contributed by atoms with Crippen LogP contribution in [0.5, 0.6) is 0 Å². The fourth-order valence-electron chi connectivity index (χ4n) is 3.49. The smallest absolute Gasteiger partial charge is 0.0471 e. The summed E-state index contributed by atoms with van der Waals surface area (Å²) in [6.45, 7) is 0.235. The van der Waals surface area contributed by atoms with Crippen molar-refractivity contribution in [2.24, 2.45) is 11.8 Å². The van der Waals surface area contributed by atoms with E-state index in [0.717, 1.165) is 18.3 Å². The van der Waals surface area contributed by atoms with Crippen LogP contribution in [0.2, 0.25) is 0 Å².